The minimum atomic E-state index is -0.409. The van der Waals surface area contributed by atoms with E-state index in [4.69, 9.17) is 9.72 Å². The summed E-state index contributed by atoms with van der Waals surface area (Å²) in [7, 11) is 1.65. The number of carbonyl (C=O) groups excluding carboxylic acids is 1. The van der Waals surface area contributed by atoms with Gasteiger partial charge in [0.25, 0.3) is 0 Å². The molecule has 35 heavy (non-hydrogen) atoms. The Morgan fingerprint density at radius 1 is 0.886 bits per heavy atom. The predicted molar refractivity (Wildman–Crippen MR) is 148 cm³/mol. The maximum absolute atomic E-state index is 14.3. The highest BCUT2D eigenvalue weighted by atomic mass is 35.5. The summed E-state index contributed by atoms with van der Waals surface area (Å²) in [6.45, 7) is 7.52. The highest BCUT2D eigenvalue weighted by Crippen LogP contribution is 2.36. The molecule has 0 bridgehead atoms. The van der Waals surface area contributed by atoms with E-state index in [1.165, 1.54) is 11.3 Å². The molecule has 3 aromatic carbocycles. The van der Waals surface area contributed by atoms with E-state index >= 15 is 0 Å². The van der Waals surface area contributed by atoms with Crippen molar-refractivity contribution in [2.24, 2.45) is 0 Å². The third-order valence-electron chi connectivity index (χ3n) is 6.13. The van der Waals surface area contributed by atoms with Crippen LogP contribution in [0.3, 0.4) is 0 Å². The van der Waals surface area contributed by atoms with Gasteiger partial charge in [0, 0.05) is 13.1 Å². The molecule has 0 unspecified atom stereocenters. The number of thiazole rings is 1. The van der Waals surface area contributed by atoms with Gasteiger partial charge in [0.05, 0.1) is 17.7 Å². The van der Waals surface area contributed by atoms with Gasteiger partial charge in [-0.3, -0.25) is 9.69 Å². The van der Waals surface area contributed by atoms with Gasteiger partial charge in [-0.05, 0) is 36.3 Å². The largest absolute Gasteiger partial charge is 0.494 e. The fourth-order valence-corrected chi connectivity index (χ4v) is 5.21. The van der Waals surface area contributed by atoms with Crippen molar-refractivity contribution in [1.29, 1.82) is 0 Å². The van der Waals surface area contributed by atoms with Gasteiger partial charge < -0.3 is 9.64 Å². The van der Waals surface area contributed by atoms with E-state index in [-0.39, 0.29) is 18.3 Å². The lowest BCUT2D eigenvalue weighted by atomic mass is 9.90. The van der Waals surface area contributed by atoms with Crippen LogP contribution in [0.1, 0.15) is 30.9 Å². The number of para-hydroxylation sites is 1. The van der Waals surface area contributed by atoms with Crippen LogP contribution in [0.4, 0.5) is 5.13 Å². The average molecular weight is 510 g/mol. The van der Waals surface area contributed by atoms with Gasteiger partial charge in [0.15, 0.2) is 5.13 Å². The first-order chi connectivity index (χ1) is 16.7. The average Bonchev–Trinajstić information content (AvgIpc) is 3.32. The minimum Gasteiger partial charge on any atom is -0.494 e. The molecule has 184 valence electrons. The second-order valence-electron chi connectivity index (χ2n) is 8.07. The summed E-state index contributed by atoms with van der Waals surface area (Å²) in [5.74, 6) is 0.342. The number of nitrogens with zero attached hydrogens (tertiary/aromatic N) is 3. The van der Waals surface area contributed by atoms with Crippen LogP contribution in [0.5, 0.6) is 5.75 Å². The number of rotatable bonds is 10. The van der Waals surface area contributed by atoms with Gasteiger partial charge in [-0.15, -0.1) is 12.4 Å². The highest BCUT2D eigenvalue weighted by Gasteiger charge is 2.30. The van der Waals surface area contributed by atoms with Crippen LogP contribution in [0, 0.1) is 0 Å². The maximum Gasteiger partial charge on any atom is 0.240 e. The summed E-state index contributed by atoms with van der Waals surface area (Å²) in [6, 6.07) is 25.9. The number of fused-ring (bicyclic) bond motifs is 1. The lowest BCUT2D eigenvalue weighted by molar-refractivity contribution is -0.119. The quantitative estimate of drug-likeness (QED) is 0.254. The van der Waals surface area contributed by atoms with Crippen LogP contribution < -0.4 is 9.64 Å². The zero-order valence-corrected chi connectivity index (χ0v) is 22.0. The van der Waals surface area contributed by atoms with E-state index in [9.17, 15) is 4.79 Å². The molecule has 0 spiro atoms. The van der Waals surface area contributed by atoms with E-state index in [0.29, 0.717) is 11.7 Å². The molecular formula is C28H32ClN3O2S. The molecule has 7 heteroatoms. The third kappa shape index (κ3) is 6.01. The maximum atomic E-state index is 14.3. The minimum absolute atomic E-state index is 0. The molecule has 0 fully saturated rings. The van der Waals surface area contributed by atoms with E-state index in [0.717, 1.165) is 46.7 Å². The summed E-state index contributed by atoms with van der Waals surface area (Å²) in [5.41, 5.74) is 2.75. The predicted octanol–water partition coefficient (Wildman–Crippen LogP) is 6.23. The van der Waals surface area contributed by atoms with Crippen LogP contribution in [0.15, 0.2) is 78.9 Å². The van der Waals surface area contributed by atoms with Gasteiger partial charge >= 0.3 is 0 Å². The fourth-order valence-electron chi connectivity index (χ4n) is 4.20. The first-order valence-electron chi connectivity index (χ1n) is 11.7. The molecule has 0 radical (unpaired) electrons. The van der Waals surface area contributed by atoms with E-state index < -0.39 is 5.92 Å². The van der Waals surface area contributed by atoms with Gasteiger partial charge in [-0.1, -0.05) is 91.9 Å². The molecule has 0 atom stereocenters. The monoisotopic (exact) mass is 509 g/mol. The Bertz CT molecular complexity index is 1170. The Morgan fingerprint density at radius 3 is 2.03 bits per heavy atom. The van der Waals surface area contributed by atoms with Crippen molar-refractivity contribution in [1.82, 2.24) is 9.88 Å². The zero-order chi connectivity index (χ0) is 23.9. The zero-order valence-electron chi connectivity index (χ0n) is 20.4. The Morgan fingerprint density at radius 2 is 1.49 bits per heavy atom. The number of hydrogen-bond donors (Lipinski definition) is 0. The van der Waals surface area contributed by atoms with Gasteiger partial charge in [0.2, 0.25) is 5.91 Å². The first kappa shape index (κ1) is 26.7. The molecule has 4 aromatic rings. The van der Waals surface area contributed by atoms with Gasteiger partial charge in [-0.2, -0.15) is 0 Å². The van der Waals surface area contributed by atoms with Crippen LogP contribution in [-0.4, -0.2) is 49.1 Å². The molecule has 0 aliphatic carbocycles. The summed E-state index contributed by atoms with van der Waals surface area (Å²) < 4.78 is 6.54. The third-order valence-corrected chi connectivity index (χ3v) is 7.18. The molecule has 1 amide bonds. The number of hydrogen-bond acceptors (Lipinski definition) is 5. The summed E-state index contributed by atoms with van der Waals surface area (Å²) in [5, 5.41) is 0.702. The molecule has 4 rings (SSSR count). The molecule has 1 aromatic heterocycles. The number of carbonyl (C=O) groups is 1. The first-order valence-corrected chi connectivity index (χ1v) is 12.5. The Balaban J connectivity index is 0.00000342. The van der Waals surface area contributed by atoms with Gasteiger partial charge in [0.1, 0.15) is 11.3 Å². The number of ether oxygens (including phenoxy) is 1. The smallest absolute Gasteiger partial charge is 0.240 e. The van der Waals surface area contributed by atoms with Crippen LogP contribution in [-0.2, 0) is 4.79 Å². The molecule has 1 heterocycles. The number of likely N-dealkylation sites (N-methyl/N-ethyl adjacent to an activating group) is 1. The van der Waals surface area contributed by atoms with Crippen LogP contribution >= 0.6 is 23.7 Å². The van der Waals surface area contributed by atoms with Crippen molar-refractivity contribution in [2.45, 2.75) is 19.8 Å². The standard InChI is InChI=1S/C28H31N3O2S.ClH/c1-4-30(5-2)19-20-31(28-29-26-23(33-3)17-12-18-24(26)34-28)27(32)25(21-13-8-6-9-14-21)22-15-10-7-11-16-22;/h6-18,25H,4-5,19-20H2,1-3H3;1H. The van der Waals surface area contributed by atoms with E-state index in [1.807, 2.05) is 83.8 Å². The van der Waals surface area contributed by atoms with Crippen molar-refractivity contribution in [3.8, 4) is 5.75 Å². The molecule has 0 aliphatic heterocycles. The highest BCUT2D eigenvalue weighted by molar-refractivity contribution is 7.22. The molecule has 0 saturated carbocycles. The lowest BCUT2D eigenvalue weighted by Crippen LogP contribution is -2.41. The van der Waals surface area contributed by atoms with Crippen molar-refractivity contribution < 1.29 is 9.53 Å². The van der Waals surface area contributed by atoms with Crippen molar-refractivity contribution in [3.63, 3.8) is 0 Å². The molecule has 0 aliphatic rings. The van der Waals surface area contributed by atoms with E-state index in [2.05, 4.69) is 18.7 Å². The lowest BCUT2D eigenvalue weighted by Gasteiger charge is -2.28. The Hall–Kier alpha value is -2.93. The summed E-state index contributed by atoms with van der Waals surface area (Å²) >= 11 is 1.53. The molecule has 0 saturated heterocycles. The summed E-state index contributed by atoms with van der Waals surface area (Å²) in [4.78, 5) is 23.4. The molecular weight excluding hydrogens is 478 g/mol. The SMILES string of the molecule is CCN(CC)CCN(C(=O)C(c1ccccc1)c1ccccc1)c1nc2c(OC)cccc2s1.Cl. The van der Waals surface area contributed by atoms with Crippen molar-refractivity contribution in [2.75, 3.05) is 38.2 Å². The number of amides is 1. The van der Waals surface area contributed by atoms with Crippen molar-refractivity contribution in [3.05, 3.63) is 90.0 Å². The topological polar surface area (TPSA) is 45.7 Å². The molecule has 0 N–H and O–H groups in total. The van der Waals surface area contributed by atoms with Crippen LogP contribution in [0.25, 0.3) is 10.2 Å². The number of anilines is 1. The second kappa shape index (κ2) is 12.7. The van der Waals surface area contributed by atoms with Gasteiger partial charge in [-0.25, -0.2) is 4.98 Å². The second-order valence-corrected chi connectivity index (χ2v) is 9.08. The number of aromatic nitrogens is 1. The number of methoxy groups -OCH3 is 1. The fraction of sp³-hybridized carbons (Fsp3) is 0.286. The van der Waals surface area contributed by atoms with E-state index in [1.54, 1.807) is 7.11 Å². The Labute approximate surface area is 217 Å². The summed E-state index contributed by atoms with van der Waals surface area (Å²) in [6.07, 6.45) is 0. The Kier molecular flexibility index (Phi) is 9.66. The normalized spacial score (nSPS) is 11.0. The van der Waals surface area contributed by atoms with Crippen molar-refractivity contribution >= 4 is 45.0 Å². The van der Waals surface area contributed by atoms with Crippen LogP contribution in [0.2, 0.25) is 0 Å². The number of benzene rings is 3. The molecule has 5 nitrogen and oxygen atoms in total. The number of halogens is 1.